The SMILES string of the molecule is COC(=O)[C@H](Cc1ccccc1)NC(=O)COC(=O)c1cc(Cl)c(N)cc1OC. The second kappa shape index (κ2) is 10.3. The predicted molar refractivity (Wildman–Crippen MR) is 107 cm³/mol. The van der Waals surface area contributed by atoms with Crippen molar-refractivity contribution in [3.8, 4) is 5.75 Å². The molecule has 2 aromatic carbocycles. The van der Waals surface area contributed by atoms with Crippen molar-refractivity contribution in [2.24, 2.45) is 0 Å². The second-order valence-electron chi connectivity index (χ2n) is 5.98. The standard InChI is InChI=1S/C20H21ClN2O6/c1-27-17-10-15(22)14(21)9-13(17)19(25)29-11-18(24)23-16(20(26)28-2)8-12-6-4-3-5-7-12/h3-7,9-10,16H,8,11,22H2,1-2H3,(H,23,24)/t16-/m0/s1. The van der Waals surface area contributed by atoms with Gasteiger partial charge in [-0.05, 0) is 11.6 Å². The number of amides is 1. The largest absolute Gasteiger partial charge is 0.496 e. The molecular weight excluding hydrogens is 400 g/mol. The fourth-order valence-corrected chi connectivity index (χ4v) is 2.69. The summed E-state index contributed by atoms with van der Waals surface area (Å²) in [7, 11) is 2.58. The van der Waals surface area contributed by atoms with Crippen LogP contribution < -0.4 is 15.8 Å². The summed E-state index contributed by atoms with van der Waals surface area (Å²) in [6, 6.07) is 10.9. The lowest BCUT2D eigenvalue weighted by atomic mass is 10.1. The highest BCUT2D eigenvalue weighted by atomic mass is 35.5. The van der Waals surface area contributed by atoms with E-state index in [1.807, 2.05) is 30.3 Å². The first-order valence-electron chi connectivity index (χ1n) is 8.57. The van der Waals surface area contributed by atoms with Gasteiger partial charge in [0.05, 0.1) is 24.9 Å². The van der Waals surface area contributed by atoms with Crippen molar-refractivity contribution in [1.82, 2.24) is 5.32 Å². The van der Waals surface area contributed by atoms with Crippen LogP contribution in [-0.2, 0) is 25.5 Å². The number of methoxy groups -OCH3 is 2. The molecule has 8 nitrogen and oxygen atoms in total. The lowest BCUT2D eigenvalue weighted by Crippen LogP contribution is -2.44. The van der Waals surface area contributed by atoms with E-state index in [2.05, 4.69) is 5.32 Å². The fraction of sp³-hybridized carbons (Fsp3) is 0.250. The zero-order chi connectivity index (χ0) is 21.4. The van der Waals surface area contributed by atoms with E-state index in [0.717, 1.165) is 5.56 Å². The molecule has 2 rings (SSSR count). The van der Waals surface area contributed by atoms with E-state index < -0.39 is 30.5 Å². The highest BCUT2D eigenvalue weighted by molar-refractivity contribution is 6.33. The number of rotatable bonds is 8. The minimum atomic E-state index is -0.922. The Morgan fingerprint density at radius 2 is 1.83 bits per heavy atom. The first-order valence-corrected chi connectivity index (χ1v) is 8.94. The van der Waals surface area contributed by atoms with E-state index in [1.165, 1.54) is 26.4 Å². The number of hydrogen-bond acceptors (Lipinski definition) is 7. The number of ether oxygens (including phenoxy) is 3. The number of anilines is 1. The van der Waals surface area contributed by atoms with Crippen LogP contribution in [0.4, 0.5) is 5.69 Å². The highest BCUT2D eigenvalue weighted by Crippen LogP contribution is 2.29. The molecule has 0 aliphatic heterocycles. The Morgan fingerprint density at radius 3 is 2.45 bits per heavy atom. The third kappa shape index (κ3) is 6.11. The zero-order valence-electron chi connectivity index (χ0n) is 15.9. The second-order valence-corrected chi connectivity index (χ2v) is 6.39. The number of esters is 2. The Morgan fingerprint density at radius 1 is 1.14 bits per heavy atom. The van der Waals surface area contributed by atoms with E-state index in [0.29, 0.717) is 0 Å². The number of benzene rings is 2. The normalized spacial score (nSPS) is 11.3. The maximum atomic E-state index is 12.3. The van der Waals surface area contributed by atoms with Crippen LogP contribution in [-0.4, -0.2) is 44.7 Å². The summed E-state index contributed by atoms with van der Waals surface area (Å²) >= 11 is 5.93. The zero-order valence-corrected chi connectivity index (χ0v) is 16.7. The van der Waals surface area contributed by atoms with Crippen LogP contribution in [0.25, 0.3) is 0 Å². The van der Waals surface area contributed by atoms with Crippen molar-refractivity contribution in [1.29, 1.82) is 0 Å². The molecule has 0 saturated heterocycles. The minimum absolute atomic E-state index is 0.0216. The Labute approximate surface area is 172 Å². The molecule has 1 atom stereocenters. The van der Waals surface area contributed by atoms with E-state index >= 15 is 0 Å². The lowest BCUT2D eigenvalue weighted by molar-refractivity contribution is -0.145. The molecule has 1 amide bonds. The average molecular weight is 421 g/mol. The molecule has 0 heterocycles. The molecule has 0 aliphatic carbocycles. The van der Waals surface area contributed by atoms with E-state index in [4.69, 9.17) is 31.5 Å². The fourth-order valence-electron chi connectivity index (χ4n) is 2.53. The van der Waals surface area contributed by atoms with Crippen LogP contribution in [0.3, 0.4) is 0 Å². The summed E-state index contributed by atoms with van der Waals surface area (Å²) in [5.41, 5.74) is 6.77. The molecule has 29 heavy (non-hydrogen) atoms. The topological polar surface area (TPSA) is 117 Å². The quantitative estimate of drug-likeness (QED) is 0.495. The van der Waals surface area contributed by atoms with Crippen molar-refractivity contribution < 1.29 is 28.6 Å². The van der Waals surface area contributed by atoms with E-state index in [9.17, 15) is 14.4 Å². The van der Waals surface area contributed by atoms with Crippen LogP contribution in [0.15, 0.2) is 42.5 Å². The summed E-state index contributed by atoms with van der Waals surface area (Å²) in [5.74, 6) is -1.93. The molecule has 0 aliphatic rings. The summed E-state index contributed by atoms with van der Waals surface area (Å²) < 4.78 is 14.8. The van der Waals surface area contributed by atoms with Crippen LogP contribution >= 0.6 is 11.6 Å². The molecule has 0 fully saturated rings. The van der Waals surface area contributed by atoms with Gasteiger partial charge in [0.25, 0.3) is 5.91 Å². The number of halogens is 1. The van der Waals surface area contributed by atoms with E-state index in [-0.39, 0.29) is 28.4 Å². The van der Waals surface area contributed by atoms with Crippen molar-refractivity contribution in [2.75, 3.05) is 26.6 Å². The van der Waals surface area contributed by atoms with Crippen molar-refractivity contribution >= 4 is 35.1 Å². The molecule has 154 valence electrons. The van der Waals surface area contributed by atoms with Gasteiger partial charge in [0, 0.05) is 12.5 Å². The smallest absolute Gasteiger partial charge is 0.342 e. The molecule has 0 bridgehead atoms. The summed E-state index contributed by atoms with van der Waals surface area (Å²) in [5, 5.41) is 2.65. The van der Waals surface area contributed by atoms with Crippen LogP contribution in [0.1, 0.15) is 15.9 Å². The first-order chi connectivity index (χ1) is 13.8. The molecule has 0 unspecified atom stereocenters. The van der Waals surface area contributed by atoms with Gasteiger partial charge in [-0.15, -0.1) is 0 Å². The third-order valence-corrected chi connectivity index (χ3v) is 4.30. The van der Waals surface area contributed by atoms with Gasteiger partial charge >= 0.3 is 11.9 Å². The van der Waals surface area contributed by atoms with Gasteiger partial charge in [0.15, 0.2) is 6.61 Å². The third-order valence-electron chi connectivity index (χ3n) is 3.98. The number of nitrogens with one attached hydrogen (secondary N) is 1. The maximum absolute atomic E-state index is 12.3. The molecular formula is C20H21ClN2O6. The Hall–Kier alpha value is -3.26. The van der Waals surface area contributed by atoms with Crippen LogP contribution in [0.5, 0.6) is 5.75 Å². The number of carbonyl (C=O) groups is 3. The molecule has 3 N–H and O–H groups in total. The van der Waals surface area contributed by atoms with E-state index in [1.54, 1.807) is 0 Å². The van der Waals surface area contributed by atoms with Crippen molar-refractivity contribution in [2.45, 2.75) is 12.5 Å². The highest BCUT2D eigenvalue weighted by Gasteiger charge is 2.23. The van der Waals surface area contributed by atoms with Gasteiger partial charge in [-0.1, -0.05) is 41.9 Å². The Kier molecular flexibility index (Phi) is 7.85. The lowest BCUT2D eigenvalue weighted by Gasteiger charge is -2.17. The summed E-state index contributed by atoms with van der Waals surface area (Å²) in [6.07, 6.45) is 0.231. The van der Waals surface area contributed by atoms with Gasteiger partial charge in [-0.25, -0.2) is 9.59 Å². The molecule has 0 saturated carbocycles. The molecule has 2 aromatic rings. The van der Waals surface area contributed by atoms with Crippen molar-refractivity contribution in [3.05, 3.63) is 58.6 Å². The molecule has 0 aromatic heterocycles. The predicted octanol–water partition coefficient (Wildman–Crippen LogP) is 1.99. The number of carbonyl (C=O) groups excluding carboxylic acids is 3. The van der Waals surface area contributed by atoms with Crippen LogP contribution in [0.2, 0.25) is 5.02 Å². The minimum Gasteiger partial charge on any atom is -0.496 e. The molecule has 9 heteroatoms. The number of nitrogen functional groups attached to an aromatic ring is 1. The first kappa shape index (κ1) is 22.0. The average Bonchev–Trinajstić information content (AvgIpc) is 2.73. The van der Waals surface area contributed by atoms with Crippen LogP contribution in [0, 0.1) is 0 Å². The summed E-state index contributed by atoms with van der Waals surface area (Å²) in [4.78, 5) is 36.5. The summed E-state index contributed by atoms with van der Waals surface area (Å²) in [6.45, 7) is -0.605. The number of nitrogens with two attached hydrogens (primary N) is 1. The van der Waals surface area contributed by atoms with Gasteiger partial charge in [-0.3, -0.25) is 4.79 Å². The molecule has 0 spiro atoms. The van der Waals surface area contributed by atoms with Gasteiger partial charge in [0.1, 0.15) is 17.4 Å². The van der Waals surface area contributed by atoms with Crippen molar-refractivity contribution in [3.63, 3.8) is 0 Å². The molecule has 0 radical (unpaired) electrons. The number of hydrogen-bond donors (Lipinski definition) is 2. The maximum Gasteiger partial charge on any atom is 0.342 e. The van der Waals surface area contributed by atoms with Gasteiger partial charge < -0.3 is 25.3 Å². The Bertz CT molecular complexity index is 888. The Balaban J connectivity index is 2.00. The van der Waals surface area contributed by atoms with Gasteiger partial charge in [-0.2, -0.15) is 0 Å². The van der Waals surface area contributed by atoms with Gasteiger partial charge in [0.2, 0.25) is 0 Å². The monoisotopic (exact) mass is 420 g/mol.